The average Bonchev–Trinajstić information content (AvgIpc) is 3.04. The summed E-state index contributed by atoms with van der Waals surface area (Å²) in [4.78, 5) is 4.25. The van der Waals surface area contributed by atoms with E-state index >= 15 is 0 Å². The maximum Gasteiger partial charge on any atom is 0.190 e. The van der Waals surface area contributed by atoms with Gasteiger partial charge in [0, 0.05) is 39.5 Å². The number of halogens is 1. The van der Waals surface area contributed by atoms with E-state index in [-0.39, 0.29) is 24.0 Å². The van der Waals surface area contributed by atoms with Crippen LogP contribution in [-0.4, -0.2) is 49.1 Å². The quantitative estimate of drug-likeness (QED) is 0.235. The Kier molecular flexibility index (Phi) is 11.8. The molecule has 0 saturated carbocycles. The minimum Gasteiger partial charge on any atom is -0.382 e. The van der Waals surface area contributed by atoms with E-state index in [0.717, 1.165) is 62.9 Å². The molecule has 6 nitrogen and oxygen atoms in total. The molecule has 0 amide bonds. The van der Waals surface area contributed by atoms with E-state index in [2.05, 4.69) is 46.0 Å². The number of aromatic nitrogens is 2. The molecule has 0 spiro atoms. The molecule has 0 unspecified atom stereocenters. The molecule has 0 aliphatic heterocycles. The predicted octanol–water partition coefficient (Wildman–Crippen LogP) is 3.32. The minimum atomic E-state index is 0. The van der Waals surface area contributed by atoms with E-state index in [9.17, 15) is 0 Å². The second kappa shape index (κ2) is 13.5. The Morgan fingerprint density at radius 3 is 2.52 bits per heavy atom. The molecular weight excluding hydrogens is 453 g/mol. The Hall–Kier alpha value is -1.61. The lowest BCUT2D eigenvalue weighted by Crippen LogP contribution is -2.38. The zero-order chi connectivity index (χ0) is 18.6. The third kappa shape index (κ3) is 8.30. The number of guanidine groups is 1. The zero-order valence-electron chi connectivity index (χ0n) is 16.6. The highest BCUT2D eigenvalue weighted by molar-refractivity contribution is 14.0. The Bertz CT molecular complexity index is 672. The highest BCUT2D eigenvalue weighted by atomic mass is 127. The van der Waals surface area contributed by atoms with Crippen LogP contribution in [0.5, 0.6) is 0 Å². The van der Waals surface area contributed by atoms with Crippen LogP contribution in [0.15, 0.2) is 41.5 Å². The van der Waals surface area contributed by atoms with Gasteiger partial charge in [-0.15, -0.1) is 24.0 Å². The van der Waals surface area contributed by atoms with E-state index in [1.165, 1.54) is 5.56 Å². The first-order chi connectivity index (χ1) is 12.7. The standard InChI is InChI=1S/C20H31N5O.HI/c1-4-26-15-9-14-23-20(21-3)22-13-8-10-18-16-25(24-17(18)2)19-11-6-5-7-12-19;/h5-7,11-12,16H,4,8-10,13-15H2,1-3H3,(H2,21,22,23);1H. The molecule has 0 saturated heterocycles. The van der Waals surface area contributed by atoms with Crippen molar-refractivity contribution in [3.8, 4) is 5.69 Å². The Labute approximate surface area is 179 Å². The van der Waals surface area contributed by atoms with E-state index in [0.29, 0.717) is 0 Å². The van der Waals surface area contributed by atoms with Crippen molar-refractivity contribution in [3.63, 3.8) is 0 Å². The predicted molar refractivity (Wildman–Crippen MR) is 123 cm³/mol. The molecule has 150 valence electrons. The van der Waals surface area contributed by atoms with Crippen LogP contribution in [0.2, 0.25) is 0 Å². The molecule has 27 heavy (non-hydrogen) atoms. The number of nitrogens with one attached hydrogen (secondary N) is 2. The molecule has 0 bridgehead atoms. The number of nitrogens with zero attached hydrogens (tertiary/aromatic N) is 3. The molecule has 7 heteroatoms. The zero-order valence-corrected chi connectivity index (χ0v) is 18.9. The first kappa shape index (κ1) is 23.4. The van der Waals surface area contributed by atoms with Crippen molar-refractivity contribution >= 4 is 29.9 Å². The normalized spacial score (nSPS) is 11.1. The first-order valence-corrected chi connectivity index (χ1v) is 9.37. The molecule has 1 aromatic heterocycles. The monoisotopic (exact) mass is 485 g/mol. The van der Waals surface area contributed by atoms with Gasteiger partial charge in [0.1, 0.15) is 0 Å². The Morgan fingerprint density at radius 1 is 1.15 bits per heavy atom. The molecular formula is C20H32IN5O. The van der Waals surface area contributed by atoms with Gasteiger partial charge in [0.25, 0.3) is 0 Å². The van der Waals surface area contributed by atoms with Crippen molar-refractivity contribution in [3.05, 3.63) is 47.8 Å². The fourth-order valence-electron chi connectivity index (χ4n) is 2.69. The number of hydrogen-bond donors (Lipinski definition) is 2. The van der Waals surface area contributed by atoms with Gasteiger partial charge >= 0.3 is 0 Å². The number of para-hydroxylation sites is 1. The van der Waals surface area contributed by atoms with E-state index in [4.69, 9.17) is 4.74 Å². The van der Waals surface area contributed by atoms with Gasteiger partial charge in [0.2, 0.25) is 0 Å². The molecule has 0 aliphatic carbocycles. The van der Waals surface area contributed by atoms with Crippen molar-refractivity contribution in [1.29, 1.82) is 0 Å². The lowest BCUT2D eigenvalue weighted by atomic mass is 10.1. The number of aryl methyl sites for hydroxylation is 2. The number of ether oxygens (including phenoxy) is 1. The van der Waals surface area contributed by atoms with Gasteiger partial charge < -0.3 is 15.4 Å². The lowest BCUT2D eigenvalue weighted by Gasteiger charge is -2.11. The van der Waals surface area contributed by atoms with Crippen molar-refractivity contribution in [2.75, 3.05) is 33.4 Å². The van der Waals surface area contributed by atoms with Gasteiger partial charge in [-0.05, 0) is 50.8 Å². The summed E-state index contributed by atoms with van der Waals surface area (Å²) in [6.07, 6.45) is 5.13. The van der Waals surface area contributed by atoms with E-state index < -0.39 is 0 Å². The van der Waals surface area contributed by atoms with Crippen LogP contribution in [0, 0.1) is 6.92 Å². The summed E-state index contributed by atoms with van der Waals surface area (Å²) in [6.45, 7) is 7.38. The first-order valence-electron chi connectivity index (χ1n) is 9.37. The van der Waals surface area contributed by atoms with Gasteiger partial charge in [-0.25, -0.2) is 4.68 Å². The molecule has 0 atom stereocenters. The summed E-state index contributed by atoms with van der Waals surface area (Å²) < 4.78 is 7.29. The third-order valence-electron chi connectivity index (χ3n) is 4.12. The van der Waals surface area contributed by atoms with Crippen LogP contribution in [0.25, 0.3) is 5.69 Å². The highest BCUT2D eigenvalue weighted by Gasteiger charge is 2.06. The van der Waals surface area contributed by atoms with E-state index in [1.807, 2.05) is 29.8 Å². The van der Waals surface area contributed by atoms with Gasteiger partial charge in [0.15, 0.2) is 5.96 Å². The van der Waals surface area contributed by atoms with Crippen molar-refractivity contribution < 1.29 is 4.74 Å². The molecule has 1 aromatic carbocycles. The van der Waals surface area contributed by atoms with Crippen molar-refractivity contribution in [1.82, 2.24) is 20.4 Å². The Morgan fingerprint density at radius 2 is 1.85 bits per heavy atom. The summed E-state index contributed by atoms with van der Waals surface area (Å²) in [5, 5.41) is 11.3. The fraction of sp³-hybridized carbons (Fsp3) is 0.500. The maximum absolute atomic E-state index is 5.33. The van der Waals surface area contributed by atoms with Crippen LogP contribution in [0.4, 0.5) is 0 Å². The van der Waals surface area contributed by atoms with Crippen LogP contribution in [0.3, 0.4) is 0 Å². The summed E-state index contributed by atoms with van der Waals surface area (Å²) in [7, 11) is 1.80. The van der Waals surface area contributed by atoms with Gasteiger partial charge in [-0.3, -0.25) is 4.99 Å². The number of benzene rings is 1. The second-order valence-electron chi connectivity index (χ2n) is 6.10. The maximum atomic E-state index is 5.33. The number of aliphatic imine (C=N–C) groups is 1. The van der Waals surface area contributed by atoms with Crippen LogP contribution < -0.4 is 10.6 Å². The molecule has 0 radical (unpaired) electrons. The number of hydrogen-bond acceptors (Lipinski definition) is 3. The van der Waals surface area contributed by atoms with Crippen molar-refractivity contribution in [2.24, 2.45) is 4.99 Å². The molecule has 0 aliphatic rings. The second-order valence-corrected chi connectivity index (χ2v) is 6.10. The van der Waals surface area contributed by atoms with Gasteiger partial charge in [0.05, 0.1) is 11.4 Å². The molecule has 1 heterocycles. The molecule has 2 aromatic rings. The van der Waals surface area contributed by atoms with Gasteiger partial charge in [-0.2, -0.15) is 5.10 Å². The fourth-order valence-corrected chi connectivity index (χ4v) is 2.69. The largest absolute Gasteiger partial charge is 0.382 e. The van der Waals surface area contributed by atoms with Gasteiger partial charge in [-0.1, -0.05) is 18.2 Å². The van der Waals surface area contributed by atoms with E-state index in [1.54, 1.807) is 7.05 Å². The molecule has 2 rings (SSSR count). The molecule has 0 fully saturated rings. The smallest absolute Gasteiger partial charge is 0.190 e. The summed E-state index contributed by atoms with van der Waals surface area (Å²) in [5.41, 5.74) is 3.47. The molecule has 2 N–H and O–H groups in total. The van der Waals surface area contributed by atoms with Crippen molar-refractivity contribution in [2.45, 2.75) is 33.1 Å². The summed E-state index contributed by atoms with van der Waals surface area (Å²) >= 11 is 0. The minimum absolute atomic E-state index is 0. The van der Waals surface area contributed by atoms with Crippen LogP contribution in [0.1, 0.15) is 31.0 Å². The Balaban J connectivity index is 0.00000364. The topological polar surface area (TPSA) is 63.5 Å². The summed E-state index contributed by atoms with van der Waals surface area (Å²) in [5.74, 6) is 0.846. The van der Waals surface area contributed by atoms with Crippen LogP contribution >= 0.6 is 24.0 Å². The SMILES string of the molecule is CCOCCCNC(=NC)NCCCc1cn(-c2ccccc2)nc1C.I. The summed E-state index contributed by atoms with van der Waals surface area (Å²) in [6, 6.07) is 10.2. The average molecular weight is 485 g/mol. The highest BCUT2D eigenvalue weighted by Crippen LogP contribution is 2.13. The van der Waals surface area contributed by atoms with Crippen LogP contribution in [-0.2, 0) is 11.2 Å². The third-order valence-corrected chi connectivity index (χ3v) is 4.12. The lowest BCUT2D eigenvalue weighted by molar-refractivity contribution is 0.145. The number of rotatable bonds is 10.